The molecule has 3 heteroatoms. The molecule has 2 rings (SSSR count). The van der Waals surface area contributed by atoms with E-state index in [1.54, 1.807) is 0 Å². The predicted octanol–water partition coefficient (Wildman–Crippen LogP) is 2.87. The number of H-pyrrole nitrogens is 1. The van der Waals surface area contributed by atoms with E-state index in [0.717, 1.165) is 6.54 Å². The summed E-state index contributed by atoms with van der Waals surface area (Å²) < 4.78 is 0. The van der Waals surface area contributed by atoms with Crippen molar-refractivity contribution in [2.24, 2.45) is 0 Å². The van der Waals surface area contributed by atoms with Crippen LogP contribution in [0.3, 0.4) is 0 Å². The number of hydrogen-bond acceptors (Lipinski definition) is 2. The highest BCUT2D eigenvalue weighted by Crippen LogP contribution is 2.13. The maximum atomic E-state index is 4.32. The first-order chi connectivity index (χ1) is 7.84. The summed E-state index contributed by atoms with van der Waals surface area (Å²) in [6.07, 6.45) is 8.35. The number of nitrogens with one attached hydrogen (secondary N) is 1. The zero-order valence-electron chi connectivity index (χ0n) is 10.3. The summed E-state index contributed by atoms with van der Waals surface area (Å²) in [5.74, 6) is 0. The van der Waals surface area contributed by atoms with E-state index in [1.165, 1.54) is 63.0 Å². The second-order valence-corrected chi connectivity index (χ2v) is 4.94. The Kier molecular flexibility index (Phi) is 4.40. The first-order valence-corrected chi connectivity index (χ1v) is 6.58. The molecular formula is C13H23N3. The summed E-state index contributed by atoms with van der Waals surface area (Å²) in [6.45, 7) is 5.57. The first-order valence-electron chi connectivity index (χ1n) is 6.58. The molecule has 1 N–H and O–H groups in total. The Labute approximate surface area is 98.2 Å². The summed E-state index contributed by atoms with van der Waals surface area (Å²) in [5, 5.41) is 7.34. The van der Waals surface area contributed by atoms with E-state index in [9.17, 15) is 0 Å². The third-order valence-corrected chi connectivity index (χ3v) is 3.34. The lowest BCUT2D eigenvalue weighted by atomic mass is 10.1. The second-order valence-electron chi connectivity index (χ2n) is 4.94. The third-order valence-electron chi connectivity index (χ3n) is 3.34. The van der Waals surface area contributed by atoms with Crippen LogP contribution in [0.2, 0.25) is 0 Å². The normalized spacial score (nSPS) is 20.1. The lowest BCUT2D eigenvalue weighted by Crippen LogP contribution is -2.25. The molecule has 0 radical (unpaired) electrons. The topological polar surface area (TPSA) is 31.9 Å². The molecule has 1 aromatic rings. The highest BCUT2D eigenvalue weighted by atomic mass is 15.2. The summed E-state index contributed by atoms with van der Waals surface area (Å²) in [7, 11) is 0. The summed E-state index contributed by atoms with van der Waals surface area (Å²) in [5.41, 5.74) is 2.36. The van der Waals surface area contributed by atoms with Crippen LogP contribution in [-0.2, 0) is 6.54 Å². The van der Waals surface area contributed by atoms with Crippen LogP contribution in [0.15, 0.2) is 6.07 Å². The molecule has 16 heavy (non-hydrogen) atoms. The van der Waals surface area contributed by atoms with Gasteiger partial charge in [-0.15, -0.1) is 0 Å². The van der Waals surface area contributed by atoms with Crippen molar-refractivity contribution in [1.29, 1.82) is 0 Å². The summed E-state index contributed by atoms with van der Waals surface area (Å²) >= 11 is 0. The fraction of sp³-hybridized carbons (Fsp3) is 0.769. The average Bonchev–Trinajstić information content (AvgIpc) is 2.71. The van der Waals surface area contributed by atoms with Crippen LogP contribution in [0.25, 0.3) is 0 Å². The van der Waals surface area contributed by atoms with Crippen molar-refractivity contribution in [2.75, 3.05) is 13.1 Å². The van der Waals surface area contributed by atoms with Gasteiger partial charge in [0.2, 0.25) is 0 Å². The van der Waals surface area contributed by atoms with Gasteiger partial charge in [0.1, 0.15) is 0 Å². The number of aromatic amines is 1. The molecule has 3 nitrogen and oxygen atoms in total. The van der Waals surface area contributed by atoms with E-state index in [4.69, 9.17) is 0 Å². The highest BCUT2D eigenvalue weighted by Gasteiger charge is 2.09. The zero-order valence-corrected chi connectivity index (χ0v) is 10.3. The van der Waals surface area contributed by atoms with Gasteiger partial charge in [-0.05, 0) is 38.9 Å². The summed E-state index contributed by atoms with van der Waals surface area (Å²) in [6, 6.07) is 2.16. The van der Waals surface area contributed by atoms with E-state index in [-0.39, 0.29) is 0 Å². The van der Waals surface area contributed by atoms with Gasteiger partial charge in [-0.2, -0.15) is 5.10 Å². The molecule has 0 aromatic carbocycles. The largest absolute Gasteiger partial charge is 0.297 e. The molecule has 1 saturated heterocycles. The van der Waals surface area contributed by atoms with Crippen LogP contribution in [-0.4, -0.2) is 28.2 Å². The van der Waals surface area contributed by atoms with Crippen LogP contribution in [0.4, 0.5) is 0 Å². The molecule has 1 aromatic heterocycles. The molecule has 2 heterocycles. The molecule has 0 atom stereocenters. The monoisotopic (exact) mass is 221 g/mol. The Hall–Kier alpha value is -0.830. The van der Waals surface area contributed by atoms with Crippen molar-refractivity contribution in [3.63, 3.8) is 0 Å². The van der Waals surface area contributed by atoms with Crippen LogP contribution in [0, 0.1) is 6.92 Å². The molecule has 0 bridgehead atoms. The van der Waals surface area contributed by atoms with Crippen molar-refractivity contribution in [3.05, 3.63) is 17.5 Å². The van der Waals surface area contributed by atoms with Gasteiger partial charge in [0.25, 0.3) is 0 Å². The van der Waals surface area contributed by atoms with Crippen LogP contribution >= 0.6 is 0 Å². The lowest BCUT2D eigenvalue weighted by molar-refractivity contribution is 0.257. The number of aromatic nitrogens is 2. The van der Waals surface area contributed by atoms with E-state index < -0.39 is 0 Å². The molecule has 90 valence electrons. The minimum absolute atomic E-state index is 1.02. The van der Waals surface area contributed by atoms with Crippen molar-refractivity contribution in [1.82, 2.24) is 15.1 Å². The standard InChI is InChI=1S/C13H23N3/c1-12-10-13(15-14-12)11-16-8-6-4-2-3-5-7-9-16/h10H,2-9,11H2,1H3,(H,14,15). The maximum Gasteiger partial charge on any atom is 0.0765 e. The predicted molar refractivity (Wildman–Crippen MR) is 66.3 cm³/mol. The molecular weight excluding hydrogens is 198 g/mol. The number of rotatable bonds is 2. The van der Waals surface area contributed by atoms with Gasteiger partial charge >= 0.3 is 0 Å². The van der Waals surface area contributed by atoms with Crippen LogP contribution in [0.1, 0.15) is 49.9 Å². The van der Waals surface area contributed by atoms with Gasteiger partial charge in [0.05, 0.1) is 5.69 Å². The van der Waals surface area contributed by atoms with E-state index in [1.807, 2.05) is 0 Å². The van der Waals surface area contributed by atoms with Crippen LogP contribution in [0.5, 0.6) is 0 Å². The fourth-order valence-corrected chi connectivity index (χ4v) is 2.43. The van der Waals surface area contributed by atoms with E-state index in [2.05, 4.69) is 28.1 Å². The Balaban J connectivity index is 1.86. The molecule has 1 fully saturated rings. The molecule has 1 aliphatic rings. The van der Waals surface area contributed by atoms with Gasteiger partial charge in [-0.3, -0.25) is 10.00 Å². The van der Waals surface area contributed by atoms with E-state index >= 15 is 0 Å². The van der Waals surface area contributed by atoms with Crippen molar-refractivity contribution in [2.45, 2.75) is 52.0 Å². The third kappa shape index (κ3) is 3.63. The van der Waals surface area contributed by atoms with E-state index in [0.29, 0.717) is 0 Å². The second kappa shape index (κ2) is 6.04. The molecule has 0 amide bonds. The van der Waals surface area contributed by atoms with Gasteiger partial charge in [-0.1, -0.05) is 25.7 Å². The quantitative estimate of drug-likeness (QED) is 0.832. The highest BCUT2D eigenvalue weighted by molar-refractivity contribution is 5.06. The Morgan fingerprint density at radius 2 is 1.75 bits per heavy atom. The smallest absolute Gasteiger partial charge is 0.0765 e. The van der Waals surface area contributed by atoms with Gasteiger partial charge in [-0.25, -0.2) is 0 Å². The van der Waals surface area contributed by atoms with Crippen molar-refractivity contribution >= 4 is 0 Å². The molecule has 1 aliphatic heterocycles. The average molecular weight is 221 g/mol. The zero-order chi connectivity index (χ0) is 11.2. The van der Waals surface area contributed by atoms with Gasteiger partial charge < -0.3 is 0 Å². The Morgan fingerprint density at radius 3 is 2.31 bits per heavy atom. The molecule has 0 aliphatic carbocycles. The SMILES string of the molecule is Cc1cc(CN2CCCCCCCC2)n[nH]1. The molecule has 0 saturated carbocycles. The number of nitrogens with zero attached hydrogens (tertiary/aromatic N) is 2. The Morgan fingerprint density at radius 1 is 1.12 bits per heavy atom. The van der Waals surface area contributed by atoms with Crippen LogP contribution < -0.4 is 0 Å². The minimum Gasteiger partial charge on any atom is -0.297 e. The number of aryl methyl sites for hydroxylation is 1. The number of hydrogen-bond donors (Lipinski definition) is 1. The minimum atomic E-state index is 1.02. The fourth-order valence-electron chi connectivity index (χ4n) is 2.43. The van der Waals surface area contributed by atoms with Gasteiger partial charge in [0.15, 0.2) is 0 Å². The maximum absolute atomic E-state index is 4.32. The summed E-state index contributed by atoms with van der Waals surface area (Å²) in [4.78, 5) is 2.56. The van der Waals surface area contributed by atoms with Crippen molar-refractivity contribution in [3.8, 4) is 0 Å². The molecule has 0 spiro atoms. The van der Waals surface area contributed by atoms with Gasteiger partial charge in [0, 0.05) is 12.2 Å². The Bertz CT molecular complexity index is 296. The lowest BCUT2D eigenvalue weighted by Gasteiger charge is -2.20. The molecule has 0 unspecified atom stereocenters. The van der Waals surface area contributed by atoms with Crippen molar-refractivity contribution < 1.29 is 0 Å². The first kappa shape index (κ1) is 11.6.